The van der Waals surface area contributed by atoms with Crippen molar-refractivity contribution in [1.29, 1.82) is 0 Å². The maximum atomic E-state index is 10.9. The Bertz CT molecular complexity index is 870. The molecule has 0 fully saturated rings. The zero-order chi connectivity index (χ0) is 18.6. The highest BCUT2D eigenvalue weighted by molar-refractivity contribution is 5.88. The summed E-state index contributed by atoms with van der Waals surface area (Å²) in [5.41, 5.74) is 1.58. The average molecular weight is 352 g/mol. The lowest BCUT2D eigenvalue weighted by Crippen LogP contribution is -2.24. The van der Waals surface area contributed by atoms with Crippen molar-refractivity contribution < 1.29 is 19.2 Å². The van der Waals surface area contributed by atoms with Crippen molar-refractivity contribution in [3.63, 3.8) is 0 Å². The van der Waals surface area contributed by atoms with Crippen LogP contribution in [0.15, 0.2) is 59.1 Å². The molecule has 0 saturated heterocycles. The van der Waals surface area contributed by atoms with Crippen LogP contribution in [0.25, 0.3) is 11.4 Å². The van der Waals surface area contributed by atoms with Gasteiger partial charge in [0.2, 0.25) is 11.7 Å². The van der Waals surface area contributed by atoms with E-state index in [9.17, 15) is 4.79 Å². The van der Waals surface area contributed by atoms with Crippen LogP contribution in [-0.2, 0) is 16.8 Å². The van der Waals surface area contributed by atoms with Crippen LogP contribution in [-0.4, -0.2) is 27.8 Å². The Labute approximate surface area is 151 Å². The first kappa shape index (κ1) is 17.8. The summed E-state index contributed by atoms with van der Waals surface area (Å²) < 4.78 is 11.2. The highest BCUT2D eigenvalue weighted by Gasteiger charge is 2.28. The van der Waals surface area contributed by atoms with Gasteiger partial charge in [0.15, 0.2) is 0 Å². The van der Waals surface area contributed by atoms with Gasteiger partial charge in [-0.3, -0.25) is 0 Å². The summed E-state index contributed by atoms with van der Waals surface area (Å²) in [4.78, 5) is 15.4. The number of aromatic nitrogens is 2. The van der Waals surface area contributed by atoms with Crippen LogP contribution in [0.1, 0.15) is 35.7 Å². The summed E-state index contributed by atoms with van der Waals surface area (Å²) in [6.45, 7) is 4.90. The molecule has 1 heterocycles. The zero-order valence-corrected chi connectivity index (χ0v) is 14.7. The molecule has 26 heavy (non-hydrogen) atoms. The largest absolute Gasteiger partial charge is 0.478 e. The van der Waals surface area contributed by atoms with E-state index >= 15 is 0 Å². The van der Waals surface area contributed by atoms with Crippen molar-refractivity contribution in [1.82, 2.24) is 10.1 Å². The van der Waals surface area contributed by atoms with E-state index in [0.717, 1.165) is 5.56 Å². The molecule has 0 saturated carbocycles. The van der Waals surface area contributed by atoms with Crippen molar-refractivity contribution >= 4 is 5.97 Å². The number of ether oxygens (including phenoxy) is 1. The molecule has 0 bridgehead atoms. The molecule has 134 valence electrons. The normalized spacial score (nSPS) is 11.5. The summed E-state index contributed by atoms with van der Waals surface area (Å²) >= 11 is 0. The predicted molar refractivity (Wildman–Crippen MR) is 95.8 cm³/mol. The predicted octanol–water partition coefficient (Wildman–Crippen LogP) is 3.93. The molecule has 2 aromatic carbocycles. The molecule has 3 rings (SSSR count). The Morgan fingerprint density at radius 1 is 1.12 bits per heavy atom. The Kier molecular flexibility index (Phi) is 5.14. The maximum absolute atomic E-state index is 10.9. The first-order valence-electron chi connectivity index (χ1n) is 8.25. The number of carboxylic acid groups (broad SMARTS) is 1. The van der Waals surface area contributed by atoms with Gasteiger partial charge in [0.1, 0.15) is 0 Å². The molecule has 0 aliphatic carbocycles. The molecule has 0 atom stereocenters. The monoisotopic (exact) mass is 352 g/mol. The van der Waals surface area contributed by atoms with Gasteiger partial charge in [0.25, 0.3) is 0 Å². The minimum atomic E-state index is -0.970. The van der Waals surface area contributed by atoms with Crippen LogP contribution in [0, 0.1) is 0 Å². The van der Waals surface area contributed by atoms with Crippen LogP contribution in [0.5, 0.6) is 0 Å². The lowest BCUT2D eigenvalue weighted by Gasteiger charge is -2.19. The first-order chi connectivity index (χ1) is 12.5. The zero-order valence-electron chi connectivity index (χ0n) is 14.7. The van der Waals surface area contributed by atoms with Crippen LogP contribution >= 0.6 is 0 Å². The summed E-state index contributed by atoms with van der Waals surface area (Å²) in [5, 5.41) is 13.0. The van der Waals surface area contributed by atoms with Gasteiger partial charge in [-0.1, -0.05) is 47.6 Å². The van der Waals surface area contributed by atoms with E-state index in [-0.39, 0.29) is 5.56 Å². The number of hydrogen-bond donors (Lipinski definition) is 1. The van der Waals surface area contributed by atoms with Gasteiger partial charge in [-0.05, 0) is 31.5 Å². The first-order valence-corrected chi connectivity index (χ1v) is 8.25. The highest BCUT2D eigenvalue weighted by atomic mass is 16.5. The molecule has 6 nitrogen and oxygen atoms in total. The molecule has 0 aliphatic rings. The Morgan fingerprint density at radius 2 is 1.81 bits per heavy atom. The molecule has 0 unspecified atom stereocenters. The van der Waals surface area contributed by atoms with Gasteiger partial charge in [-0.25, -0.2) is 4.79 Å². The van der Waals surface area contributed by atoms with E-state index in [0.29, 0.717) is 30.5 Å². The van der Waals surface area contributed by atoms with Crippen molar-refractivity contribution in [2.45, 2.75) is 25.9 Å². The third-order valence-corrected chi connectivity index (χ3v) is 3.97. The summed E-state index contributed by atoms with van der Waals surface area (Å²) in [7, 11) is 0. The molecule has 3 aromatic rings. The fourth-order valence-corrected chi connectivity index (χ4v) is 2.44. The molecule has 0 amide bonds. The van der Waals surface area contributed by atoms with Gasteiger partial charge in [-0.15, -0.1) is 0 Å². The van der Waals surface area contributed by atoms with Gasteiger partial charge in [0, 0.05) is 5.56 Å². The Morgan fingerprint density at radius 3 is 2.46 bits per heavy atom. The fourth-order valence-electron chi connectivity index (χ4n) is 2.44. The smallest absolute Gasteiger partial charge is 0.335 e. The minimum absolute atomic E-state index is 0.215. The molecular weight excluding hydrogens is 332 g/mol. The van der Waals surface area contributed by atoms with Crippen molar-refractivity contribution in [2.75, 3.05) is 6.61 Å². The number of carboxylic acids is 1. The molecular formula is C20H20N2O4. The van der Waals surface area contributed by atoms with Crippen molar-refractivity contribution in [2.24, 2.45) is 0 Å². The third-order valence-electron chi connectivity index (χ3n) is 3.97. The molecule has 0 aliphatic heterocycles. The molecule has 1 aromatic heterocycles. The van der Waals surface area contributed by atoms with Gasteiger partial charge < -0.3 is 14.4 Å². The second kappa shape index (κ2) is 7.49. The number of carbonyl (C=O) groups is 1. The van der Waals surface area contributed by atoms with Gasteiger partial charge in [-0.2, -0.15) is 4.98 Å². The van der Waals surface area contributed by atoms with Gasteiger partial charge in [0.05, 0.1) is 24.2 Å². The maximum Gasteiger partial charge on any atom is 0.335 e. The Hall–Kier alpha value is -2.99. The fraction of sp³-hybridized carbons (Fsp3) is 0.250. The third kappa shape index (κ3) is 4.15. The van der Waals surface area contributed by atoms with E-state index < -0.39 is 11.4 Å². The lowest BCUT2D eigenvalue weighted by atomic mass is 9.95. The summed E-state index contributed by atoms with van der Waals surface area (Å²) in [5.74, 6) is -0.0713. The topological polar surface area (TPSA) is 85.5 Å². The molecule has 0 spiro atoms. The minimum Gasteiger partial charge on any atom is -0.478 e. The van der Waals surface area contributed by atoms with E-state index in [4.69, 9.17) is 14.4 Å². The average Bonchev–Trinajstić information content (AvgIpc) is 3.14. The van der Waals surface area contributed by atoms with Crippen molar-refractivity contribution in [3.05, 3.63) is 71.6 Å². The standard InChI is InChI=1S/C20H20N2O4/c1-20(2,13-25-12-14-6-4-3-5-7-14)19-21-17(22-26-19)15-8-10-16(11-9-15)18(23)24/h3-11H,12-13H2,1-2H3,(H,23,24). The Balaban J connectivity index is 1.66. The van der Waals surface area contributed by atoms with Crippen LogP contribution in [0.2, 0.25) is 0 Å². The number of benzene rings is 2. The van der Waals surface area contributed by atoms with E-state index in [1.165, 1.54) is 12.1 Å². The van der Waals surface area contributed by atoms with Crippen LogP contribution in [0.3, 0.4) is 0 Å². The number of nitrogens with zero attached hydrogens (tertiary/aromatic N) is 2. The van der Waals surface area contributed by atoms with Gasteiger partial charge >= 0.3 is 5.97 Å². The molecule has 1 N–H and O–H groups in total. The second-order valence-electron chi connectivity index (χ2n) is 6.67. The number of hydrogen-bond acceptors (Lipinski definition) is 5. The van der Waals surface area contributed by atoms with E-state index in [1.807, 2.05) is 44.2 Å². The highest BCUT2D eigenvalue weighted by Crippen LogP contribution is 2.25. The van der Waals surface area contributed by atoms with Crippen LogP contribution in [0.4, 0.5) is 0 Å². The summed E-state index contributed by atoms with van der Waals surface area (Å²) in [6.07, 6.45) is 0. The lowest BCUT2D eigenvalue weighted by molar-refractivity contribution is 0.0696. The van der Waals surface area contributed by atoms with Crippen LogP contribution < -0.4 is 0 Å². The second-order valence-corrected chi connectivity index (χ2v) is 6.67. The number of rotatable bonds is 7. The number of aromatic carboxylic acids is 1. The summed E-state index contributed by atoms with van der Waals surface area (Å²) in [6, 6.07) is 16.3. The van der Waals surface area contributed by atoms with Crippen molar-refractivity contribution in [3.8, 4) is 11.4 Å². The molecule has 0 radical (unpaired) electrons. The van der Waals surface area contributed by atoms with E-state index in [2.05, 4.69) is 10.1 Å². The molecule has 6 heteroatoms. The van der Waals surface area contributed by atoms with E-state index in [1.54, 1.807) is 12.1 Å². The SMILES string of the molecule is CC(C)(COCc1ccccc1)c1nc(-c2ccc(C(=O)O)cc2)no1. The quantitative estimate of drug-likeness (QED) is 0.693.